The highest BCUT2D eigenvalue weighted by atomic mass is 79.9. The average Bonchev–Trinajstić information content (AvgIpc) is 2.66. The number of aromatic nitrogens is 1. The number of hydrogen-bond donors (Lipinski definition) is 0. The molecule has 0 spiro atoms. The summed E-state index contributed by atoms with van der Waals surface area (Å²) in [7, 11) is 4.71. The SMILES string of the molecule is C=CCOC1Cn2cc(Br)c(=O)c(OC)c2C(OCOC)C1(C)CCOC. The Kier molecular flexibility index (Phi) is 8.05. The number of ether oxygens (including phenoxy) is 5. The number of nitrogens with zero attached hydrogens (tertiary/aromatic N) is 1. The molecule has 8 heteroatoms. The molecule has 1 aliphatic heterocycles. The van der Waals surface area contributed by atoms with Crippen molar-refractivity contribution in [2.24, 2.45) is 5.41 Å². The van der Waals surface area contributed by atoms with Crippen molar-refractivity contribution in [2.45, 2.75) is 32.1 Å². The number of halogens is 1. The lowest BCUT2D eigenvalue weighted by molar-refractivity contribution is -0.180. The van der Waals surface area contributed by atoms with E-state index in [1.165, 1.54) is 7.11 Å². The quantitative estimate of drug-likeness (QED) is 0.407. The lowest BCUT2D eigenvalue weighted by atomic mass is 9.72. The Morgan fingerprint density at radius 1 is 1.33 bits per heavy atom. The van der Waals surface area contributed by atoms with Gasteiger partial charge in [-0.3, -0.25) is 4.79 Å². The van der Waals surface area contributed by atoms with Crippen LogP contribution >= 0.6 is 15.9 Å². The van der Waals surface area contributed by atoms with Crippen molar-refractivity contribution >= 4 is 15.9 Å². The lowest BCUT2D eigenvalue weighted by Gasteiger charge is -2.48. The summed E-state index contributed by atoms with van der Waals surface area (Å²) >= 11 is 3.33. The molecule has 1 aliphatic rings. The molecule has 0 bridgehead atoms. The van der Waals surface area contributed by atoms with Crippen LogP contribution in [0.4, 0.5) is 0 Å². The molecule has 0 N–H and O–H groups in total. The van der Waals surface area contributed by atoms with Gasteiger partial charge in [0.2, 0.25) is 5.43 Å². The Balaban J connectivity index is 2.64. The second-order valence-corrected chi connectivity index (χ2v) is 7.54. The van der Waals surface area contributed by atoms with E-state index in [1.54, 1.807) is 26.5 Å². The van der Waals surface area contributed by atoms with Crippen molar-refractivity contribution < 1.29 is 23.7 Å². The van der Waals surface area contributed by atoms with Crippen molar-refractivity contribution in [2.75, 3.05) is 41.3 Å². The molecule has 0 aliphatic carbocycles. The van der Waals surface area contributed by atoms with Crippen LogP contribution in [-0.4, -0.2) is 52.0 Å². The maximum absolute atomic E-state index is 12.6. The van der Waals surface area contributed by atoms with Gasteiger partial charge in [-0.15, -0.1) is 6.58 Å². The van der Waals surface area contributed by atoms with Gasteiger partial charge < -0.3 is 28.3 Å². The fraction of sp³-hybridized carbons (Fsp3) is 0.632. The third-order valence-electron chi connectivity index (χ3n) is 5.00. The maximum atomic E-state index is 12.6. The van der Waals surface area contributed by atoms with Crippen molar-refractivity contribution in [1.82, 2.24) is 4.57 Å². The maximum Gasteiger partial charge on any atom is 0.237 e. The van der Waals surface area contributed by atoms with Gasteiger partial charge in [-0.05, 0) is 22.4 Å². The van der Waals surface area contributed by atoms with Crippen LogP contribution in [0.5, 0.6) is 5.75 Å². The summed E-state index contributed by atoms with van der Waals surface area (Å²) in [4.78, 5) is 12.6. The number of pyridine rings is 1. The van der Waals surface area contributed by atoms with Gasteiger partial charge in [0.1, 0.15) is 12.9 Å². The summed E-state index contributed by atoms with van der Waals surface area (Å²) in [6.45, 7) is 7.39. The molecule has 0 saturated carbocycles. The molecule has 0 fully saturated rings. The molecule has 7 nitrogen and oxygen atoms in total. The Hall–Kier alpha value is -1.19. The molecular weight excluding hydrogens is 418 g/mol. The van der Waals surface area contributed by atoms with Crippen LogP contribution < -0.4 is 10.2 Å². The van der Waals surface area contributed by atoms with Crippen molar-refractivity contribution in [1.29, 1.82) is 0 Å². The van der Waals surface area contributed by atoms with E-state index in [-0.39, 0.29) is 24.1 Å². The van der Waals surface area contributed by atoms with Crippen LogP contribution in [0.1, 0.15) is 25.1 Å². The van der Waals surface area contributed by atoms with E-state index in [1.807, 2.05) is 4.57 Å². The van der Waals surface area contributed by atoms with E-state index in [2.05, 4.69) is 29.4 Å². The van der Waals surface area contributed by atoms with Gasteiger partial charge in [0, 0.05) is 39.0 Å². The third kappa shape index (κ3) is 4.46. The largest absolute Gasteiger partial charge is 0.491 e. The van der Waals surface area contributed by atoms with Crippen molar-refractivity contribution in [3.05, 3.63) is 39.2 Å². The van der Waals surface area contributed by atoms with Gasteiger partial charge in [-0.2, -0.15) is 0 Å². The van der Waals surface area contributed by atoms with Gasteiger partial charge in [-0.25, -0.2) is 0 Å². The molecule has 2 heterocycles. The highest BCUT2D eigenvalue weighted by molar-refractivity contribution is 9.10. The van der Waals surface area contributed by atoms with E-state index in [4.69, 9.17) is 23.7 Å². The van der Waals surface area contributed by atoms with E-state index >= 15 is 0 Å². The van der Waals surface area contributed by atoms with Crippen LogP contribution in [0.25, 0.3) is 0 Å². The molecule has 0 aromatic carbocycles. The predicted molar refractivity (Wildman–Crippen MR) is 105 cm³/mol. The zero-order valence-corrected chi connectivity index (χ0v) is 17.9. The van der Waals surface area contributed by atoms with Crippen molar-refractivity contribution in [3.8, 4) is 5.75 Å². The smallest absolute Gasteiger partial charge is 0.237 e. The second-order valence-electron chi connectivity index (χ2n) is 6.69. The summed E-state index contributed by atoms with van der Waals surface area (Å²) < 4.78 is 30.5. The van der Waals surface area contributed by atoms with Crippen LogP contribution in [0.2, 0.25) is 0 Å². The molecule has 27 heavy (non-hydrogen) atoms. The minimum Gasteiger partial charge on any atom is -0.491 e. The first kappa shape index (κ1) is 22.1. The Bertz CT molecular complexity index is 706. The van der Waals surface area contributed by atoms with E-state index in [0.717, 1.165) is 0 Å². The number of rotatable bonds is 10. The Morgan fingerprint density at radius 3 is 2.67 bits per heavy atom. The van der Waals surface area contributed by atoms with Gasteiger partial charge in [-0.1, -0.05) is 13.0 Å². The molecule has 0 saturated heterocycles. The van der Waals surface area contributed by atoms with Gasteiger partial charge in [0.15, 0.2) is 5.75 Å². The Labute approximate surface area is 168 Å². The normalized spacial score (nSPS) is 24.5. The zero-order valence-electron chi connectivity index (χ0n) is 16.3. The zero-order chi connectivity index (χ0) is 20.0. The van der Waals surface area contributed by atoms with E-state index in [9.17, 15) is 4.79 Å². The summed E-state index contributed by atoms with van der Waals surface area (Å²) in [6, 6.07) is 0. The molecular formula is C19H28BrNO6. The summed E-state index contributed by atoms with van der Waals surface area (Å²) in [6.07, 6.45) is 3.49. The second kappa shape index (κ2) is 9.84. The predicted octanol–water partition coefficient (Wildman–Crippen LogP) is 2.91. The van der Waals surface area contributed by atoms with Crippen molar-refractivity contribution in [3.63, 3.8) is 0 Å². The standard InChI is InChI=1S/C19H28BrNO6/c1-6-8-26-14-11-21-10-13(20)16(22)17(25-5)15(21)18(27-12-24-4)19(14,2)7-9-23-3/h6,10,14,18H,1,7-9,11-12H2,2-5H3. The van der Waals surface area contributed by atoms with Gasteiger partial charge >= 0.3 is 0 Å². The van der Waals surface area contributed by atoms with Gasteiger partial charge in [0.25, 0.3) is 0 Å². The average molecular weight is 446 g/mol. The van der Waals surface area contributed by atoms with Gasteiger partial charge in [0.05, 0.1) is 30.0 Å². The highest BCUT2D eigenvalue weighted by Crippen LogP contribution is 2.49. The molecule has 1 aromatic rings. The molecule has 0 radical (unpaired) electrons. The topological polar surface area (TPSA) is 68.2 Å². The van der Waals surface area contributed by atoms with Crippen LogP contribution in [0.3, 0.4) is 0 Å². The first-order chi connectivity index (χ1) is 12.9. The molecule has 1 aromatic heterocycles. The monoisotopic (exact) mass is 445 g/mol. The summed E-state index contributed by atoms with van der Waals surface area (Å²) in [5, 5.41) is 0. The Morgan fingerprint density at radius 2 is 2.07 bits per heavy atom. The molecule has 0 amide bonds. The molecule has 2 rings (SSSR count). The minimum atomic E-state index is -0.480. The number of methoxy groups -OCH3 is 3. The van der Waals surface area contributed by atoms with Crippen LogP contribution in [-0.2, 0) is 25.5 Å². The lowest BCUT2D eigenvalue weighted by Crippen LogP contribution is -2.50. The highest BCUT2D eigenvalue weighted by Gasteiger charge is 2.49. The third-order valence-corrected chi connectivity index (χ3v) is 5.56. The molecule has 3 atom stereocenters. The summed E-state index contributed by atoms with van der Waals surface area (Å²) in [5.41, 5.74) is -0.000381. The number of hydrogen-bond acceptors (Lipinski definition) is 6. The van der Waals surface area contributed by atoms with E-state index in [0.29, 0.717) is 36.3 Å². The first-order valence-corrected chi connectivity index (χ1v) is 9.52. The fourth-order valence-electron chi connectivity index (χ4n) is 3.55. The molecule has 152 valence electrons. The van der Waals surface area contributed by atoms with E-state index < -0.39 is 11.5 Å². The van der Waals surface area contributed by atoms with Crippen LogP contribution in [0, 0.1) is 5.41 Å². The first-order valence-electron chi connectivity index (χ1n) is 8.73. The summed E-state index contributed by atoms with van der Waals surface area (Å²) in [5.74, 6) is 0.260. The van der Waals surface area contributed by atoms with Crippen LogP contribution in [0.15, 0.2) is 28.1 Å². The minimum absolute atomic E-state index is 0.0782. The fourth-order valence-corrected chi connectivity index (χ4v) is 3.98. The molecule has 3 unspecified atom stereocenters. The number of fused-ring (bicyclic) bond motifs is 1.